The van der Waals surface area contributed by atoms with E-state index in [0.717, 1.165) is 49.2 Å². The summed E-state index contributed by atoms with van der Waals surface area (Å²) in [6.07, 6.45) is 10.6. The highest BCUT2D eigenvalue weighted by molar-refractivity contribution is 5.44. The number of rotatable bonds is 8. The Labute approximate surface area is 185 Å². The van der Waals surface area contributed by atoms with Crippen LogP contribution in [0, 0.1) is 5.92 Å². The summed E-state index contributed by atoms with van der Waals surface area (Å²) >= 11 is 0. The topological polar surface area (TPSA) is 21.3 Å². The predicted octanol–water partition coefficient (Wildman–Crippen LogP) is 6.60. The number of halogens is 2. The second kappa shape index (κ2) is 10.1. The SMILES string of the molecule is CCCCOc1ccc([C@@H]2CC[C@H](N[C@H](C)C3=C4C=CC(F)CC4C(F)C=C3)C2)cc1. The van der Waals surface area contributed by atoms with Crippen molar-refractivity contribution in [1.82, 2.24) is 5.32 Å². The molecule has 31 heavy (non-hydrogen) atoms. The summed E-state index contributed by atoms with van der Waals surface area (Å²) in [6.45, 7) is 5.09. The van der Waals surface area contributed by atoms with Crippen LogP contribution in [0.1, 0.15) is 63.9 Å². The van der Waals surface area contributed by atoms with E-state index in [0.29, 0.717) is 12.0 Å². The average Bonchev–Trinajstić information content (AvgIpc) is 3.23. The van der Waals surface area contributed by atoms with E-state index in [1.165, 1.54) is 12.0 Å². The Hall–Kier alpha value is -1.94. The van der Waals surface area contributed by atoms with Crippen molar-refractivity contribution in [1.29, 1.82) is 0 Å². The van der Waals surface area contributed by atoms with Crippen LogP contribution in [0.2, 0.25) is 0 Å². The number of benzene rings is 1. The molecule has 0 spiro atoms. The molecule has 1 fully saturated rings. The Morgan fingerprint density at radius 1 is 1.06 bits per heavy atom. The molecule has 4 rings (SSSR count). The molecule has 1 N–H and O–H groups in total. The zero-order chi connectivity index (χ0) is 21.8. The summed E-state index contributed by atoms with van der Waals surface area (Å²) in [6, 6.07) is 9.16. The second-order valence-electron chi connectivity index (χ2n) is 9.30. The first-order chi connectivity index (χ1) is 15.0. The summed E-state index contributed by atoms with van der Waals surface area (Å²) in [7, 11) is 0. The summed E-state index contributed by atoms with van der Waals surface area (Å²) in [5.74, 6) is 1.16. The maximum Gasteiger partial charge on any atom is 0.125 e. The van der Waals surface area contributed by atoms with Crippen LogP contribution >= 0.6 is 0 Å². The quantitative estimate of drug-likeness (QED) is 0.472. The number of hydrogen-bond donors (Lipinski definition) is 1. The maximum absolute atomic E-state index is 14.3. The van der Waals surface area contributed by atoms with E-state index < -0.39 is 12.3 Å². The molecule has 1 aromatic carbocycles. The number of fused-ring (bicyclic) bond motifs is 1. The molecule has 2 nitrogen and oxygen atoms in total. The van der Waals surface area contributed by atoms with Crippen molar-refractivity contribution in [3.63, 3.8) is 0 Å². The Balaban J connectivity index is 1.35. The van der Waals surface area contributed by atoms with E-state index >= 15 is 0 Å². The molecule has 0 bridgehead atoms. The minimum Gasteiger partial charge on any atom is -0.494 e. The molecule has 0 aliphatic heterocycles. The molecule has 3 aliphatic rings. The van der Waals surface area contributed by atoms with E-state index in [-0.39, 0.29) is 18.4 Å². The van der Waals surface area contributed by atoms with Crippen LogP contribution in [0.15, 0.2) is 59.7 Å². The summed E-state index contributed by atoms with van der Waals surface area (Å²) in [5, 5.41) is 3.77. The van der Waals surface area contributed by atoms with Crippen LogP contribution < -0.4 is 10.1 Å². The van der Waals surface area contributed by atoms with Crippen molar-refractivity contribution < 1.29 is 13.5 Å². The Bertz CT molecular complexity index is 828. The first-order valence-corrected chi connectivity index (χ1v) is 11.9. The van der Waals surface area contributed by atoms with Gasteiger partial charge >= 0.3 is 0 Å². The molecular weight excluding hydrogens is 392 g/mol. The van der Waals surface area contributed by atoms with Crippen molar-refractivity contribution in [2.45, 2.75) is 82.7 Å². The number of ether oxygens (including phenoxy) is 1. The van der Waals surface area contributed by atoms with Crippen LogP contribution in [0.3, 0.4) is 0 Å². The number of unbranched alkanes of at least 4 members (excludes halogenated alkanes) is 1. The summed E-state index contributed by atoms with van der Waals surface area (Å²) in [4.78, 5) is 0. The molecule has 0 aromatic heterocycles. The average molecular weight is 428 g/mol. The van der Waals surface area contributed by atoms with Gasteiger partial charge in [-0.2, -0.15) is 0 Å². The number of hydrogen-bond acceptors (Lipinski definition) is 2. The summed E-state index contributed by atoms with van der Waals surface area (Å²) < 4.78 is 33.9. The fraction of sp³-hybridized carbons (Fsp3) is 0.556. The third-order valence-electron chi connectivity index (χ3n) is 7.04. The lowest BCUT2D eigenvalue weighted by molar-refractivity contribution is 0.241. The molecule has 1 saturated carbocycles. The lowest BCUT2D eigenvalue weighted by Gasteiger charge is -2.33. The fourth-order valence-corrected chi connectivity index (χ4v) is 5.26. The van der Waals surface area contributed by atoms with Gasteiger partial charge in [0.25, 0.3) is 0 Å². The van der Waals surface area contributed by atoms with Crippen LogP contribution in [0.4, 0.5) is 8.78 Å². The van der Waals surface area contributed by atoms with Gasteiger partial charge in [0, 0.05) is 18.0 Å². The van der Waals surface area contributed by atoms with Crippen molar-refractivity contribution in [2.24, 2.45) is 5.92 Å². The van der Waals surface area contributed by atoms with Gasteiger partial charge in [0.2, 0.25) is 0 Å². The predicted molar refractivity (Wildman–Crippen MR) is 123 cm³/mol. The standard InChI is InChI=1S/C27H35F2NO/c1-3-4-15-31-23-10-6-19(7-11-23)20-5-9-22(16-20)30-18(2)24-13-14-27(29)26-17-21(28)8-12-25(24)26/h6-8,10-14,18,20-22,26-27,30H,3-5,9,15-17H2,1-2H3/t18-,20-,21?,22+,26?,27?/m1/s1. The van der Waals surface area contributed by atoms with E-state index in [9.17, 15) is 8.78 Å². The molecule has 168 valence electrons. The van der Waals surface area contributed by atoms with Gasteiger partial charge in [-0.1, -0.05) is 43.7 Å². The minimum atomic E-state index is -1.08. The maximum atomic E-state index is 14.3. The van der Waals surface area contributed by atoms with Gasteiger partial charge in [-0.15, -0.1) is 0 Å². The van der Waals surface area contributed by atoms with Gasteiger partial charge in [0.15, 0.2) is 0 Å². The number of nitrogens with one attached hydrogen (secondary N) is 1. The lowest BCUT2D eigenvalue weighted by atomic mass is 9.77. The van der Waals surface area contributed by atoms with Crippen molar-refractivity contribution in [3.8, 4) is 5.75 Å². The summed E-state index contributed by atoms with van der Waals surface area (Å²) in [5.41, 5.74) is 3.46. The molecule has 0 amide bonds. The highest BCUT2D eigenvalue weighted by Crippen LogP contribution is 2.39. The molecule has 0 radical (unpaired) electrons. The van der Waals surface area contributed by atoms with Crippen molar-refractivity contribution >= 4 is 0 Å². The van der Waals surface area contributed by atoms with Crippen LogP contribution in [-0.4, -0.2) is 31.0 Å². The highest BCUT2D eigenvalue weighted by Gasteiger charge is 2.34. The van der Waals surface area contributed by atoms with Crippen molar-refractivity contribution in [3.05, 3.63) is 65.3 Å². The van der Waals surface area contributed by atoms with E-state index in [2.05, 4.69) is 43.4 Å². The van der Waals surface area contributed by atoms with E-state index in [1.807, 2.05) is 12.2 Å². The second-order valence-corrected chi connectivity index (χ2v) is 9.30. The molecular formula is C27H35F2NO. The zero-order valence-corrected chi connectivity index (χ0v) is 18.7. The zero-order valence-electron chi connectivity index (χ0n) is 18.7. The van der Waals surface area contributed by atoms with E-state index in [4.69, 9.17) is 4.74 Å². The van der Waals surface area contributed by atoms with Gasteiger partial charge < -0.3 is 10.1 Å². The van der Waals surface area contributed by atoms with Gasteiger partial charge in [-0.25, -0.2) is 8.78 Å². The Morgan fingerprint density at radius 2 is 1.87 bits per heavy atom. The minimum absolute atomic E-state index is 0.125. The fourth-order valence-electron chi connectivity index (χ4n) is 5.26. The van der Waals surface area contributed by atoms with Crippen LogP contribution in [0.25, 0.3) is 0 Å². The molecule has 3 unspecified atom stereocenters. The number of allylic oxidation sites excluding steroid dienone is 4. The smallest absolute Gasteiger partial charge is 0.125 e. The van der Waals surface area contributed by atoms with E-state index in [1.54, 1.807) is 12.2 Å². The lowest BCUT2D eigenvalue weighted by Crippen LogP contribution is -2.38. The molecule has 0 saturated heterocycles. The Kier molecular flexibility index (Phi) is 7.27. The molecule has 0 heterocycles. The molecule has 3 aliphatic carbocycles. The van der Waals surface area contributed by atoms with Crippen LogP contribution in [0.5, 0.6) is 5.75 Å². The Morgan fingerprint density at radius 3 is 2.65 bits per heavy atom. The third-order valence-corrected chi connectivity index (χ3v) is 7.04. The van der Waals surface area contributed by atoms with Crippen LogP contribution in [-0.2, 0) is 0 Å². The monoisotopic (exact) mass is 427 g/mol. The van der Waals surface area contributed by atoms with Gasteiger partial charge in [0.05, 0.1) is 6.61 Å². The van der Waals surface area contributed by atoms with Crippen molar-refractivity contribution in [2.75, 3.05) is 6.61 Å². The van der Waals surface area contributed by atoms with Gasteiger partial charge in [0.1, 0.15) is 18.1 Å². The van der Waals surface area contributed by atoms with Gasteiger partial charge in [-0.05, 0) is 79.9 Å². The first kappa shape index (κ1) is 22.3. The molecule has 6 atom stereocenters. The van der Waals surface area contributed by atoms with Gasteiger partial charge in [-0.3, -0.25) is 0 Å². The molecule has 1 aromatic rings. The largest absolute Gasteiger partial charge is 0.494 e. The molecule has 4 heteroatoms. The highest BCUT2D eigenvalue weighted by atomic mass is 19.1. The number of alkyl halides is 2. The third kappa shape index (κ3) is 5.28. The normalized spacial score (nSPS) is 31.0. The first-order valence-electron chi connectivity index (χ1n) is 11.9.